The van der Waals surface area contributed by atoms with Crippen LogP contribution in [0.3, 0.4) is 0 Å². The molecule has 0 saturated carbocycles. The van der Waals surface area contributed by atoms with Crippen molar-refractivity contribution in [2.75, 3.05) is 25.2 Å². The first-order valence-corrected chi connectivity index (χ1v) is 8.38. The van der Waals surface area contributed by atoms with E-state index in [9.17, 15) is 8.42 Å². The van der Waals surface area contributed by atoms with Crippen molar-refractivity contribution >= 4 is 9.84 Å². The Morgan fingerprint density at radius 3 is 2.42 bits per heavy atom. The second kappa shape index (κ2) is 7.50. The summed E-state index contributed by atoms with van der Waals surface area (Å²) in [5.41, 5.74) is 1.17. The van der Waals surface area contributed by atoms with E-state index in [-0.39, 0.29) is 17.5 Å². The van der Waals surface area contributed by atoms with E-state index in [1.807, 2.05) is 24.3 Å². The number of ether oxygens (including phenoxy) is 1. The predicted octanol–water partition coefficient (Wildman–Crippen LogP) is 2.17. The normalized spacial score (nSPS) is 13.2. The van der Waals surface area contributed by atoms with Crippen LogP contribution in [-0.4, -0.2) is 33.6 Å². The van der Waals surface area contributed by atoms with E-state index in [1.54, 1.807) is 14.0 Å². The zero-order valence-corrected chi connectivity index (χ0v) is 12.7. The van der Waals surface area contributed by atoms with Crippen molar-refractivity contribution < 1.29 is 13.2 Å². The van der Waals surface area contributed by atoms with Crippen LogP contribution >= 0.6 is 0 Å². The highest BCUT2D eigenvalue weighted by molar-refractivity contribution is 7.91. The summed E-state index contributed by atoms with van der Waals surface area (Å²) in [6, 6.07) is 8.08. The molecule has 1 rings (SSSR count). The molecule has 1 aromatic carbocycles. The van der Waals surface area contributed by atoms with Crippen LogP contribution in [0.15, 0.2) is 24.3 Å². The fraction of sp³-hybridized carbons (Fsp3) is 0.571. The Hall–Kier alpha value is -1.07. The Labute approximate surface area is 116 Å². The van der Waals surface area contributed by atoms with Crippen LogP contribution in [0, 0.1) is 0 Å². The van der Waals surface area contributed by atoms with E-state index in [0.29, 0.717) is 13.0 Å². The molecular formula is C14H23NO3S. The van der Waals surface area contributed by atoms with Crippen molar-refractivity contribution in [3.8, 4) is 5.75 Å². The molecule has 0 bridgehead atoms. The second-order valence-electron chi connectivity index (χ2n) is 4.54. The Kier molecular flexibility index (Phi) is 6.31. The molecule has 1 aromatic rings. The Bertz CT molecular complexity index is 468. The fourth-order valence-corrected chi connectivity index (χ4v) is 2.64. The van der Waals surface area contributed by atoms with Crippen LogP contribution < -0.4 is 10.1 Å². The molecule has 0 unspecified atom stereocenters. The molecule has 0 aliphatic rings. The van der Waals surface area contributed by atoms with Crippen LogP contribution in [0.4, 0.5) is 0 Å². The van der Waals surface area contributed by atoms with Gasteiger partial charge >= 0.3 is 0 Å². The molecule has 1 atom stereocenters. The number of sulfone groups is 1. The molecule has 0 aliphatic heterocycles. The molecular weight excluding hydrogens is 262 g/mol. The molecule has 0 fully saturated rings. The van der Waals surface area contributed by atoms with Gasteiger partial charge in [0.2, 0.25) is 0 Å². The molecule has 19 heavy (non-hydrogen) atoms. The van der Waals surface area contributed by atoms with Crippen molar-refractivity contribution in [2.45, 2.75) is 26.3 Å². The van der Waals surface area contributed by atoms with Gasteiger partial charge in [-0.3, -0.25) is 0 Å². The molecule has 0 aromatic heterocycles. The van der Waals surface area contributed by atoms with Crippen LogP contribution in [0.1, 0.15) is 31.9 Å². The van der Waals surface area contributed by atoms with Gasteiger partial charge in [-0.1, -0.05) is 19.1 Å². The summed E-state index contributed by atoms with van der Waals surface area (Å²) in [6.07, 6.45) is 0.649. The summed E-state index contributed by atoms with van der Waals surface area (Å²) in [4.78, 5) is 0. The van der Waals surface area contributed by atoms with Gasteiger partial charge in [-0.25, -0.2) is 8.42 Å². The zero-order valence-electron chi connectivity index (χ0n) is 11.8. The topological polar surface area (TPSA) is 55.4 Å². The maximum Gasteiger partial charge on any atom is 0.150 e. The summed E-state index contributed by atoms with van der Waals surface area (Å²) >= 11 is 0. The van der Waals surface area contributed by atoms with Crippen molar-refractivity contribution in [2.24, 2.45) is 0 Å². The minimum Gasteiger partial charge on any atom is -0.497 e. The first kappa shape index (κ1) is 16.0. The molecule has 1 N–H and O–H groups in total. The first-order valence-electron chi connectivity index (χ1n) is 6.56. The van der Waals surface area contributed by atoms with Crippen LogP contribution in [0.5, 0.6) is 5.75 Å². The molecule has 0 heterocycles. The standard InChI is InChI=1S/C14H23NO3S/c1-4-19(16,17)11-5-10-15-12(2)13-6-8-14(18-3)9-7-13/h6-9,12,15H,4-5,10-11H2,1-3H3/t12-/m1/s1. The average molecular weight is 285 g/mol. The molecule has 0 aliphatic carbocycles. The number of methoxy groups -OCH3 is 1. The number of hydrogen-bond acceptors (Lipinski definition) is 4. The van der Waals surface area contributed by atoms with E-state index >= 15 is 0 Å². The highest BCUT2D eigenvalue weighted by Crippen LogP contribution is 2.17. The summed E-state index contributed by atoms with van der Waals surface area (Å²) in [7, 11) is -1.20. The number of nitrogens with one attached hydrogen (secondary N) is 1. The Balaban J connectivity index is 2.36. The lowest BCUT2D eigenvalue weighted by Gasteiger charge is -2.14. The minimum absolute atomic E-state index is 0.204. The van der Waals surface area contributed by atoms with Crippen molar-refractivity contribution in [3.63, 3.8) is 0 Å². The van der Waals surface area contributed by atoms with Crippen LogP contribution in [0.2, 0.25) is 0 Å². The van der Waals surface area contributed by atoms with Crippen molar-refractivity contribution in [1.29, 1.82) is 0 Å². The zero-order chi connectivity index (χ0) is 14.3. The summed E-state index contributed by atoms with van der Waals surface area (Å²) in [5.74, 6) is 1.32. The molecule has 5 heteroatoms. The highest BCUT2D eigenvalue weighted by Gasteiger charge is 2.08. The third-order valence-corrected chi connectivity index (χ3v) is 4.93. The van der Waals surface area contributed by atoms with Crippen molar-refractivity contribution in [1.82, 2.24) is 5.32 Å². The van der Waals surface area contributed by atoms with Gasteiger partial charge in [-0.15, -0.1) is 0 Å². The van der Waals surface area contributed by atoms with Gasteiger partial charge in [0.25, 0.3) is 0 Å². The van der Waals surface area contributed by atoms with Gasteiger partial charge in [0.05, 0.1) is 12.9 Å². The molecule has 0 amide bonds. The maximum absolute atomic E-state index is 11.3. The van der Waals surface area contributed by atoms with E-state index in [0.717, 1.165) is 5.75 Å². The summed E-state index contributed by atoms with van der Waals surface area (Å²) in [5, 5.41) is 3.33. The van der Waals surface area contributed by atoms with Gasteiger partial charge < -0.3 is 10.1 Å². The largest absolute Gasteiger partial charge is 0.497 e. The van der Waals surface area contributed by atoms with E-state index < -0.39 is 9.84 Å². The second-order valence-corrected chi connectivity index (χ2v) is 7.01. The van der Waals surface area contributed by atoms with E-state index in [4.69, 9.17) is 4.74 Å². The third kappa shape index (κ3) is 5.61. The number of hydrogen-bond donors (Lipinski definition) is 1. The highest BCUT2D eigenvalue weighted by atomic mass is 32.2. The number of rotatable bonds is 8. The molecule has 4 nitrogen and oxygen atoms in total. The number of benzene rings is 1. The summed E-state index contributed by atoms with van der Waals surface area (Å²) in [6.45, 7) is 4.45. The third-order valence-electron chi connectivity index (χ3n) is 3.14. The molecule has 108 valence electrons. The van der Waals surface area contributed by atoms with Crippen LogP contribution in [0.25, 0.3) is 0 Å². The van der Waals surface area contributed by atoms with Gasteiger partial charge in [0, 0.05) is 11.8 Å². The van der Waals surface area contributed by atoms with Gasteiger partial charge in [-0.05, 0) is 37.6 Å². The maximum atomic E-state index is 11.3. The summed E-state index contributed by atoms with van der Waals surface area (Å²) < 4.78 is 27.8. The van der Waals surface area contributed by atoms with Gasteiger partial charge in [0.15, 0.2) is 0 Å². The monoisotopic (exact) mass is 285 g/mol. The lowest BCUT2D eigenvalue weighted by atomic mass is 10.1. The smallest absolute Gasteiger partial charge is 0.150 e. The van der Waals surface area contributed by atoms with E-state index in [1.165, 1.54) is 5.56 Å². The lowest BCUT2D eigenvalue weighted by Crippen LogP contribution is -2.22. The quantitative estimate of drug-likeness (QED) is 0.744. The average Bonchev–Trinajstić information content (AvgIpc) is 2.43. The SMILES string of the molecule is CCS(=O)(=O)CCCN[C@H](C)c1ccc(OC)cc1. The van der Waals surface area contributed by atoms with Crippen molar-refractivity contribution in [3.05, 3.63) is 29.8 Å². The van der Waals surface area contributed by atoms with E-state index in [2.05, 4.69) is 12.2 Å². The van der Waals surface area contributed by atoms with Gasteiger partial charge in [0.1, 0.15) is 15.6 Å². The first-order chi connectivity index (χ1) is 8.98. The molecule has 0 spiro atoms. The Morgan fingerprint density at radius 2 is 1.89 bits per heavy atom. The molecule has 0 saturated heterocycles. The fourth-order valence-electron chi connectivity index (χ4n) is 1.77. The Morgan fingerprint density at radius 1 is 1.26 bits per heavy atom. The minimum atomic E-state index is -2.85. The predicted molar refractivity (Wildman–Crippen MR) is 78.4 cm³/mol. The van der Waals surface area contributed by atoms with Gasteiger partial charge in [-0.2, -0.15) is 0 Å². The molecule has 0 radical (unpaired) electrons. The lowest BCUT2D eigenvalue weighted by molar-refractivity contribution is 0.414. The van der Waals surface area contributed by atoms with Crippen LogP contribution in [-0.2, 0) is 9.84 Å².